The molecule has 0 amide bonds. The molecule has 2 fully saturated rings. The summed E-state index contributed by atoms with van der Waals surface area (Å²) < 4.78 is 0. The van der Waals surface area contributed by atoms with Gasteiger partial charge in [-0.2, -0.15) is 0 Å². The Morgan fingerprint density at radius 2 is 1.79 bits per heavy atom. The minimum atomic E-state index is 0.0839. The SMILES string of the molecule is CC1CCN(CC(C)(N)C2CC2)CC1. The van der Waals surface area contributed by atoms with Gasteiger partial charge in [0.2, 0.25) is 0 Å². The first-order valence-electron chi connectivity index (χ1n) is 6.09. The summed E-state index contributed by atoms with van der Waals surface area (Å²) in [7, 11) is 0. The number of nitrogens with zero attached hydrogens (tertiary/aromatic N) is 1. The number of hydrogen-bond acceptors (Lipinski definition) is 2. The smallest absolute Gasteiger partial charge is 0.0283 e. The molecule has 2 rings (SSSR count). The van der Waals surface area contributed by atoms with Gasteiger partial charge in [0.15, 0.2) is 0 Å². The van der Waals surface area contributed by atoms with Crippen molar-refractivity contribution in [1.82, 2.24) is 4.90 Å². The highest BCUT2D eigenvalue weighted by molar-refractivity contribution is 4.97. The van der Waals surface area contributed by atoms with Crippen molar-refractivity contribution in [2.75, 3.05) is 19.6 Å². The summed E-state index contributed by atoms with van der Waals surface area (Å²) in [4.78, 5) is 2.57. The fourth-order valence-electron chi connectivity index (χ4n) is 2.57. The van der Waals surface area contributed by atoms with Crippen LogP contribution < -0.4 is 5.73 Å². The van der Waals surface area contributed by atoms with Crippen LogP contribution in [0.1, 0.15) is 39.5 Å². The van der Waals surface area contributed by atoms with Crippen LogP contribution in [-0.2, 0) is 0 Å². The lowest BCUT2D eigenvalue weighted by atomic mass is 9.93. The third kappa shape index (κ3) is 2.48. The summed E-state index contributed by atoms with van der Waals surface area (Å²) in [5.74, 6) is 1.73. The minimum Gasteiger partial charge on any atom is -0.324 e. The molecule has 0 bridgehead atoms. The zero-order valence-corrected chi connectivity index (χ0v) is 9.63. The molecular weight excluding hydrogens is 172 g/mol. The Morgan fingerprint density at radius 1 is 1.21 bits per heavy atom. The zero-order valence-electron chi connectivity index (χ0n) is 9.63. The molecule has 14 heavy (non-hydrogen) atoms. The van der Waals surface area contributed by atoms with E-state index in [9.17, 15) is 0 Å². The Bertz CT molecular complexity index is 188. The van der Waals surface area contributed by atoms with Gasteiger partial charge in [-0.25, -0.2) is 0 Å². The van der Waals surface area contributed by atoms with Crippen LogP contribution in [-0.4, -0.2) is 30.1 Å². The molecule has 0 aromatic rings. The van der Waals surface area contributed by atoms with Crippen LogP contribution in [0.15, 0.2) is 0 Å². The maximum atomic E-state index is 6.35. The molecule has 2 heteroatoms. The van der Waals surface area contributed by atoms with E-state index in [4.69, 9.17) is 5.73 Å². The maximum absolute atomic E-state index is 6.35. The number of rotatable bonds is 3. The molecule has 2 aliphatic rings. The van der Waals surface area contributed by atoms with E-state index in [0.29, 0.717) is 0 Å². The Kier molecular flexibility index (Phi) is 2.85. The van der Waals surface area contributed by atoms with E-state index in [1.165, 1.54) is 38.8 Å². The molecule has 2 N–H and O–H groups in total. The zero-order chi connectivity index (χ0) is 10.2. The lowest BCUT2D eigenvalue weighted by Gasteiger charge is -2.36. The van der Waals surface area contributed by atoms with Crippen LogP contribution >= 0.6 is 0 Å². The first-order valence-corrected chi connectivity index (χ1v) is 6.09. The van der Waals surface area contributed by atoms with Gasteiger partial charge in [-0.1, -0.05) is 6.92 Å². The summed E-state index contributed by atoms with van der Waals surface area (Å²) in [5.41, 5.74) is 6.43. The largest absolute Gasteiger partial charge is 0.324 e. The van der Waals surface area contributed by atoms with E-state index in [-0.39, 0.29) is 5.54 Å². The molecule has 2 nitrogen and oxygen atoms in total. The molecule has 82 valence electrons. The van der Waals surface area contributed by atoms with Gasteiger partial charge in [-0.3, -0.25) is 0 Å². The molecular formula is C12H24N2. The van der Waals surface area contributed by atoms with Crippen LogP contribution in [0.5, 0.6) is 0 Å². The van der Waals surface area contributed by atoms with E-state index < -0.39 is 0 Å². The van der Waals surface area contributed by atoms with Gasteiger partial charge >= 0.3 is 0 Å². The van der Waals surface area contributed by atoms with Gasteiger partial charge in [0.05, 0.1) is 0 Å². The molecule has 0 aromatic carbocycles. The highest BCUT2D eigenvalue weighted by Gasteiger charge is 2.39. The molecule has 1 heterocycles. The van der Waals surface area contributed by atoms with Crippen LogP contribution in [0.25, 0.3) is 0 Å². The maximum Gasteiger partial charge on any atom is 0.0283 e. The summed E-state index contributed by atoms with van der Waals surface area (Å²) in [5, 5.41) is 0. The summed E-state index contributed by atoms with van der Waals surface area (Å²) >= 11 is 0. The normalized spacial score (nSPS) is 30.2. The standard InChI is InChI=1S/C12H24N2/c1-10-5-7-14(8-6-10)9-12(2,13)11-3-4-11/h10-11H,3-9,13H2,1-2H3. The fourth-order valence-corrected chi connectivity index (χ4v) is 2.57. The van der Waals surface area contributed by atoms with Crippen molar-refractivity contribution >= 4 is 0 Å². The topological polar surface area (TPSA) is 29.3 Å². The summed E-state index contributed by atoms with van der Waals surface area (Å²) in [6, 6.07) is 0. The van der Waals surface area contributed by atoms with E-state index >= 15 is 0 Å². The van der Waals surface area contributed by atoms with E-state index in [1.54, 1.807) is 0 Å². The fraction of sp³-hybridized carbons (Fsp3) is 1.00. The Morgan fingerprint density at radius 3 is 2.29 bits per heavy atom. The lowest BCUT2D eigenvalue weighted by molar-refractivity contribution is 0.150. The van der Waals surface area contributed by atoms with Crippen molar-refractivity contribution in [1.29, 1.82) is 0 Å². The highest BCUT2D eigenvalue weighted by Crippen LogP contribution is 2.38. The van der Waals surface area contributed by atoms with Crippen LogP contribution in [0.4, 0.5) is 0 Å². The second kappa shape index (κ2) is 3.82. The van der Waals surface area contributed by atoms with E-state index in [1.807, 2.05) is 0 Å². The van der Waals surface area contributed by atoms with Crippen molar-refractivity contribution < 1.29 is 0 Å². The molecule has 1 unspecified atom stereocenters. The Balaban J connectivity index is 1.79. The van der Waals surface area contributed by atoms with Crippen molar-refractivity contribution in [3.63, 3.8) is 0 Å². The lowest BCUT2D eigenvalue weighted by Crippen LogP contribution is -2.51. The molecule has 1 aliphatic carbocycles. The third-order valence-electron chi connectivity index (χ3n) is 3.95. The van der Waals surface area contributed by atoms with Crippen molar-refractivity contribution in [3.8, 4) is 0 Å². The molecule has 1 saturated carbocycles. The third-order valence-corrected chi connectivity index (χ3v) is 3.95. The van der Waals surface area contributed by atoms with Crippen LogP contribution in [0.3, 0.4) is 0 Å². The predicted octanol–water partition coefficient (Wildman–Crippen LogP) is 1.85. The van der Waals surface area contributed by atoms with Crippen LogP contribution in [0, 0.1) is 11.8 Å². The monoisotopic (exact) mass is 196 g/mol. The van der Waals surface area contributed by atoms with Gasteiger partial charge in [0.1, 0.15) is 0 Å². The molecule has 0 radical (unpaired) electrons. The van der Waals surface area contributed by atoms with Crippen LogP contribution in [0.2, 0.25) is 0 Å². The highest BCUT2D eigenvalue weighted by atomic mass is 15.2. The molecule has 0 aromatic heterocycles. The van der Waals surface area contributed by atoms with E-state index in [0.717, 1.165) is 18.4 Å². The average molecular weight is 196 g/mol. The van der Waals surface area contributed by atoms with E-state index in [2.05, 4.69) is 18.7 Å². The first-order chi connectivity index (χ1) is 6.58. The Labute approximate surface area is 87.8 Å². The molecule has 1 aliphatic heterocycles. The summed E-state index contributed by atoms with van der Waals surface area (Å²) in [6.45, 7) is 8.24. The number of hydrogen-bond donors (Lipinski definition) is 1. The molecule has 1 atom stereocenters. The second-order valence-corrected chi connectivity index (χ2v) is 5.74. The number of likely N-dealkylation sites (tertiary alicyclic amines) is 1. The van der Waals surface area contributed by atoms with Gasteiger partial charge in [-0.15, -0.1) is 0 Å². The Hall–Kier alpha value is -0.0800. The number of piperidine rings is 1. The first kappa shape index (κ1) is 10.4. The van der Waals surface area contributed by atoms with Crippen molar-refractivity contribution in [3.05, 3.63) is 0 Å². The second-order valence-electron chi connectivity index (χ2n) is 5.74. The van der Waals surface area contributed by atoms with Gasteiger partial charge < -0.3 is 10.6 Å². The molecule has 0 spiro atoms. The van der Waals surface area contributed by atoms with Crippen molar-refractivity contribution in [2.24, 2.45) is 17.6 Å². The summed E-state index contributed by atoms with van der Waals surface area (Å²) in [6.07, 6.45) is 5.44. The number of nitrogens with two attached hydrogens (primary N) is 1. The van der Waals surface area contributed by atoms with Crippen molar-refractivity contribution in [2.45, 2.75) is 45.1 Å². The average Bonchev–Trinajstić information content (AvgIpc) is 2.91. The van der Waals surface area contributed by atoms with Gasteiger partial charge in [-0.05, 0) is 57.5 Å². The van der Waals surface area contributed by atoms with Gasteiger partial charge in [0, 0.05) is 12.1 Å². The minimum absolute atomic E-state index is 0.0839. The predicted molar refractivity (Wildman–Crippen MR) is 60.2 cm³/mol. The van der Waals surface area contributed by atoms with Gasteiger partial charge in [0.25, 0.3) is 0 Å². The molecule has 1 saturated heterocycles. The quantitative estimate of drug-likeness (QED) is 0.746.